The third-order valence-corrected chi connectivity index (χ3v) is 5.02. The number of hydrogen-bond donors (Lipinski definition) is 3. The van der Waals surface area contributed by atoms with Crippen LogP contribution in [0.5, 0.6) is 0 Å². The highest BCUT2D eigenvalue weighted by Crippen LogP contribution is 2.37. The number of nitrogens with zero attached hydrogens (tertiary/aromatic N) is 1. The number of aromatic amines is 1. The summed E-state index contributed by atoms with van der Waals surface area (Å²) < 4.78 is 0. The molecule has 110 valence electrons. The van der Waals surface area contributed by atoms with Crippen molar-refractivity contribution in [3.63, 3.8) is 0 Å². The molecule has 0 bridgehead atoms. The van der Waals surface area contributed by atoms with Crippen molar-refractivity contribution in [2.24, 2.45) is 5.41 Å². The maximum atomic E-state index is 12.5. The van der Waals surface area contributed by atoms with Gasteiger partial charge in [-0.3, -0.25) is 9.89 Å². The molecule has 1 aromatic rings. The summed E-state index contributed by atoms with van der Waals surface area (Å²) in [5.74, 6) is -0.0871. The van der Waals surface area contributed by atoms with Crippen LogP contribution in [0.3, 0.4) is 0 Å². The van der Waals surface area contributed by atoms with Gasteiger partial charge in [0, 0.05) is 22.7 Å². The molecule has 1 amide bonds. The first-order valence-electron chi connectivity index (χ1n) is 7.62. The number of hydrogen-bond acceptors (Lipinski definition) is 3. The second-order valence-corrected chi connectivity index (χ2v) is 6.47. The second-order valence-electron chi connectivity index (χ2n) is 6.47. The molecule has 1 heterocycles. The van der Waals surface area contributed by atoms with Gasteiger partial charge in [0.1, 0.15) is 0 Å². The summed E-state index contributed by atoms with van der Waals surface area (Å²) in [6.45, 7) is 2.17. The van der Waals surface area contributed by atoms with E-state index in [2.05, 4.69) is 15.5 Å². The number of aliphatic hydroxyl groups is 1. The minimum Gasteiger partial charge on any atom is -0.396 e. The fourth-order valence-electron chi connectivity index (χ4n) is 3.56. The van der Waals surface area contributed by atoms with Crippen LogP contribution in [0.2, 0.25) is 0 Å². The average molecular weight is 277 g/mol. The van der Waals surface area contributed by atoms with Gasteiger partial charge in [0.2, 0.25) is 0 Å². The van der Waals surface area contributed by atoms with E-state index in [1.807, 2.05) is 6.92 Å². The highest BCUT2D eigenvalue weighted by Gasteiger charge is 2.39. The lowest BCUT2D eigenvalue weighted by Crippen LogP contribution is -2.45. The predicted molar refractivity (Wildman–Crippen MR) is 75.5 cm³/mol. The lowest BCUT2D eigenvalue weighted by Gasteiger charge is -2.30. The number of fused-ring (bicyclic) bond motifs is 1. The van der Waals surface area contributed by atoms with Crippen molar-refractivity contribution in [3.05, 3.63) is 17.0 Å². The minimum absolute atomic E-state index is 0.0518. The van der Waals surface area contributed by atoms with Crippen LogP contribution in [0.25, 0.3) is 0 Å². The van der Waals surface area contributed by atoms with Gasteiger partial charge in [0.25, 0.3) is 5.91 Å². The fraction of sp³-hybridized carbons (Fsp3) is 0.733. The summed E-state index contributed by atoms with van der Waals surface area (Å²) >= 11 is 0. The van der Waals surface area contributed by atoms with Crippen LogP contribution >= 0.6 is 0 Å². The van der Waals surface area contributed by atoms with Crippen LogP contribution in [0.4, 0.5) is 0 Å². The summed E-state index contributed by atoms with van der Waals surface area (Å²) in [7, 11) is 0. The van der Waals surface area contributed by atoms with Gasteiger partial charge < -0.3 is 10.4 Å². The Kier molecular flexibility index (Phi) is 3.54. The molecular formula is C15H23N3O2. The number of aryl methyl sites for hydroxylation is 1. The molecule has 2 unspecified atom stereocenters. The molecule has 0 saturated heterocycles. The van der Waals surface area contributed by atoms with E-state index in [1.165, 1.54) is 6.42 Å². The van der Waals surface area contributed by atoms with Crippen molar-refractivity contribution in [2.75, 3.05) is 6.61 Å². The van der Waals surface area contributed by atoms with Gasteiger partial charge in [-0.05, 0) is 38.5 Å². The summed E-state index contributed by atoms with van der Waals surface area (Å²) in [6.07, 6.45) is 7.19. The lowest BCUT2D eigenvalue weighted by atomic mass is 9.85. The van der Waals surface area contributed by atoms with Crippen molar-refractivity contribution in [1.29, 1.82) is 0 Å². The third kappa shape index (κ3) is 2.24. The molecular weight excluding hydrogens is 254 g/mol. The van der Waals surface area contributed by atoms with E-state index in [-0.39, 0.29) is 24.0 Å². The maximum Gasteiger partial charge on any atom is 0.272 e. The SMILES string of the molecule is CC1(CO)CCCC1NC(=O)c1n[nH]c2c1CCCC2. The van der Waals surface area contributed by atoms with E-state index in [0.717, 1.165) is 49.8 Å². The zero-order valence-electron chi connectivity index (χ0n) is 12.0. The van der Waals surface area contributed by atoms with Gasteiger partial charge in [0.15, 0.2) is 5.69 Å². The van der Waals surface area contributed by atoms with Crippen molar-refractivity contribution in [3.8, 4) is 0 Å². The normalized spacial score (nSPS) is 29.2. The van der Waals surface area contributed by atoms with Crippen molar-refractivity contribution >= 4 is 5.91 Å². The molecule has 2 atom stereocenters. The number of rotatable bonds is 3. The third-order valence-electron chi connectivity index (χ3n) is 5.02. The van der Waals surface area contributed by atoms with Gasteiger partial charge in [0.05, 0.1) is 6.61 Å². The van der Waals surface area contributed by atoms with Crippen molar-refractivity contribution < 1.29 is 9.90 Å². The van der Waals surface area contributed by atoms with E-state index in [0.29, 0.717) is 5.69 Å². The summed E-state index contributed by atoms with van der Waals surface area (Å²) in [5.41, 5.74) is 2.59. The number of aliphatic hydroxyl groups excluding tert-OH is 1. The van der Waals surface area contributed by atoms with Crippen LogP contribution in [0.15, 0.2) is 0 Å². The van der Waals surface area contributed by atoms with E-state index in [4.69, 9.17) is 0 Å². The van der Waals surface area contributed by atoms with E-state index in [9.17, 15) is 9.90 Å². The zero-order valence-corrected chi connectivity index (χ0v) is 12.0. The molecule has 0 aromatic carbocycles. The summed E-state index contributed by atoms with van der Waals surface area (Å²) in [5, 5.41) is 19.9. The predicted octanol–water partition coefficient (Wildman–Crippen LogP) is 1.57. The first-order chi connectivity index (χ1) is 9.64. The zero-order chi connectivity index (χ0) is 14.2. The van der Waals surface area contributed by atoms with Gasteiger partial charge in [-0.2, -0.15) is 5.10 Å². The van der Waals surface area contributed by atoms with Crippen molar-refractivity contribution in [1.82, 2.24) is 15.5 Å². The Labute approximate surface area is 119 Å². The Morgan fingerprint density at radius 1 is 1.45 bits per heavy atom. The largest absolute Gasteiger partial charge is 0.396 e. The Morgan fingerprint density at radius 3 is 3.05 bits per heavy atom. The number of nitrogens with one attached hydrogen (secondary N) is 2. The second kappa shape index (κ2) is 5.20. The molecule has 20 heavy (non-hydrogen) atoms. The average Bonchev–Trinajstić information content (AvgIpc) is 3.04. The van der Waals surface area contributed by atoms with Crippen LogP contribution in [-0.2, 0) is 12.8 Å². The van der Waals surface area contributed by atoms with E-state index in [1.54, 1.807) is 0 Å². The molecule has 3 rings (SSSR count). The van der Waals surface area contributed by atoms with Crippen LogP contribution < -0.4 is 5.32 Å². The molecule has 5 nitrogen and oxygen atoms in total. The number of H-pyrrole nitrogens is 1. The van der Waals surface area contributed by atoms with Crippen LogP contribution in [0.1, 0.15) is 60.8 Å². The number of carbonyl (C=O) groups is 1. The molecule has 2 aliphatic carbocycles. The fourth-order valence-corrected chi connectivity index (χ4v) is 3.56. The molecule has 0 spiro atoms. The Balaban J connectivity index is 1.75. The molecule has 5 heteroatoms. The smallest absolute Gasteiger partial charge is 0.272 e. The number of carbonyl (C=O) groups excluding carboxylic acids is 1. The standard InChI is InChI=1S/C15H23N3O2/c1-15(9-19)8-4-7-12(15)16-14(20)13-10-5-2-3-6-11(10)17-18-13/h12,19H,2-9H2,1H3,(H,16,20)(H,17,18). The van der Waals surface area contributed by atoms with Gasteiger partial charge >= 0.3 is 0 Å². The molecule has 0 radical (unpaired) electrons. The van der Waals surface area contributed by atoms with Gasteiger partial charge in [-0.1, -0.05) is 13.3 Å². The van der Waals surface area contributed by atoms with Crippen LogP contribution in [0, 0.1) is 5.41 Å². The van der Waals surface area contributed by atoms with Gasteiger partial charge in [-0.15, -0.1) is 0 Å². The maximum absolute atomic E-state index is 12.5. The molecule has 3 N–H and O–H groups in total. The Morgan fingerprint density at radius 2 is 2.25 bits per heavy atom. The van der Waals surface area contributed by atoms with Crippen molar-refractivity contribution in [2.45, 2.75) is 57.9 Å². The minimum atomic E-state index is -0.188. The van der Waals surface area contributed by atoms with E-state index < -0.39 is 0 Å². The molecule has 1 aromatic heterocycles. The molecule has 2 aliphatic rings. The Bertz CT molecular complexity index is 511. The highest BCUT2D eigenvalue weighted by atomic mass is 16.3. The van der Waals surface area contributed by atoms with Crippen LogP contribution in [-0.4, -0.2) is 33.9 Å². The monoisotopic (exact) mass is 277 g/mol. The first kappa shape index (κ1) is 13.6. The van der Waals surface area contributed by atoms with Gasteiger partial charge in [-0.25, -0.2) is 0 Å². The highest BCUT2D eigenvalue weighted by molar-refractivity contribution is 5.94. The summed E-state index contributed by atoms with van der Waals surface area (Å²) in [4.78, 5) is 12.5. The number of amides is 1. The molecule has 1 fully saturated rings. The molecule has 1 saturated carbocycles. The topological polar surface area (TPSA) is 78.0 Å². The quantitative estimate of drug-likeness (QED) is 0.784. The Hall–Kier alpha value is -1.36. The number of aromatic nitrogens is 2. The molecule has 0 aliphatic heterocycles. The van der Waals surface area contributed by atoms with E-state index >= 15 is 0 Å². The summed E-state index contributed by atoms with van der Waals surface area (Å²) in [6, 6.07) is 0.0518. The lowest BCUT2D eigenvalue weighted by molar-refractivity contribution is 0.0825. The first-order valence-corrected chi connectivity index (χ1v) is 7.62.